The van der Waals surface area contributed by atoms with Crippen molar-refractivity contribution in [2.24, 2.45) is 0 Å². The minimum atomic E-state index is -0.430. The Morgan fingerprint density at radius 2 is 0.873 bits per heavy atom. The Balaban J connectivity index is 1.15. The Labute approximate surface area is 370 Å². The molecule has 1 heterocycles. The van der Waals surface area contributed by atoms with Crippen molar-refractivity contribution in [3.05, 3.63) is 265 Å². The molecule has 0 unspecified atom stereocenters. The second kappa shape index (κ2) is 15.8. The largest absolute Gasteiger partial charge is 0.310 e. The van der Waals surface area contributed by atoms with Crippen LogP contribution in [-0.2, 0) is 18.3 Å². The molecule has 0 fully saturated rings. The summed E-state index contributed by atoms with van der Waals surface area (Å²) in [5.41, 5.74) is 18.9. The van der Waals surface area contributed by atoms with Gasteiger partial charge < -0.3 is 9.47 Å². The zero-order valence-corrected chi connectivity index (χ0v) is 35.2. The molecule has 63 heavy (non-hydrogen) atoms. The lowest BCUT2D eigenvalue weighted by Gasteiger charge is -2.34. The first-order chi connectivity index (χ1) is 31.1. The lowest BCUT2D eigenvalue weighted by molar-refractivity contribution is 0.520. The maximum absolute atomic E-state index is 4.07. The number of rotatable bonds is 11. The zero-order valence-electron chi connectivity index (χ0n) is 35.2. The summed E-state index contributed by atoms with van der Waals surface area (Å²) in [6.07, 6.45) is 5.47. The van der Waals surface area contributed by atoms with Crippen LogP contribution in [0.3, 0.4) is 0 Å². The number of hydrogen-bond donors (Lipinski definition) is 0. The molecule has 0 spiro atoms. The van der Waals surface area contributed by atoms with E-state index >= 15 is 0 Å². The second-order valence-corrected chi connectivity index (χ2v) is 16.7. The number of hydrogen-bond acceptors (Lipinski definition) is 1. The number of aromatic nitrogens is 1. The van der Waals surface area contributed by atoms with Gasteiger partial charge in [0.15, 0.2) is 0 Å². The summed E-state index contributed by atoms with van der Waals surface area (Å²) >= 11 is 0. The third-order valence-electron chi connectivity index (χ3n) is 13.1. The first-order valence-corrected chi connectivity index (χ1v) is 21.8. The normalized spacial score (nSPS) is 12.5. The SMILES string of the molecule is C=Cc1ccc(CC2(Cc3ccc(C=C)cc3)c3cc(N(c4ccccc4)c4ccc(-c5ccccc5)cc4)ccc3-c3ccc(-n4c5ccccc5c5ccccc54)cc32)cc1. The molecular weight excluding hydrogens is 761 g/mol. The Morgan fingerprint density at radius 1 is 0.413 bits per heavy atom. The van der Waals surface area contributed by atoms with Crippen LogP contribution in [0.15, 0.2) is 232 Å². The van der Waals surface area contributed by atoms with E-state index in [1.165, 1.54) is 66.3 Å². The van der Waals surface area contributed by atoms with E-state index in [-0.39, 0.29) is 0 Å². The Kier molecular flexibility index (Phi) is 9.55. The van der Waals surface area contributed by atoms with Crippen LogP contribution >= 0.6 is 0 Å². The van der Waals surface area contributed by atoms with E-state index in [0.29, 0.717) is 0 Å². The Bertz CT molecular complexity index is 3180. The van der Waals surface area contributed by atoms with Crippen molar-refractivity contribution in [2.45, 2.75) is 18.3 Å². The third kappa shape index (κ3) is 6.68. The van der Waals surface area contributed by atoms with Crippen molar-refractivity contribution in [3.63, 3.8) is 0 Å². The van der Waals surface area contributed by atoms with Crippen LogP contribution < -0.4 is 4.90 Å². The summed E-state index contributed by atoms with van der Waals surface area (Å²) in [6.45, 7) is 8.13. The molecule has 0 N–H and O–H groups in total. The van der Waals surface area contributed by atoms with E-state index < -0.39 is 5.41 Å². The highest BCUT2D eigenvalue weighted by Crippen LogP contribution is 2.55. The summed E-state index contributed by atoms with van der Waals surface area (Å²) in [5, 5.41) is 2.52. The number of para-hydroxylation sites is 3. The molecule has 9 aromatic carbocycles. The predicted molar refractivity (Wildman–Crippen MR) is 268 cm³/mol. The molecule has 2 nitrogen and oxygen atoms in total. The lowest BCUT2D eigenvalue weighted by atomic mass is 9.69. The topological polar surface area (TPSA) is 8.17 Å². The zero-order chi connectivity index (χ0) is 42.3. The fourth-order valence-corrected chi connectivity index (χ4v) is 10.1. The van der Waals surface area contributed by atoms with Crippen LogP contribution in [0.5, 0.6) is 0 Å². The van der Waals surface area contributed by atoms with Gasteiger partial charge in [-0.05, 0) is 129 Å². The molecule has 0 saturated heterocycles. The molecule has 10 aromatic rings. The fraction of sp³-hybridized carbons (Fsp3) is 0.0492. The maximum Gasteiger partial charge on any atom is 0.0541 e. The van der Waals surface area contributed by atoms with Gasteiger partial charge in [0, 0.05) is 38.9 Å². The molecule has 1 aliphatic carbocycles. The van der Waals surface area contributed by atoms with E-state index in [9.17, 15) is 0 Å². The summed E-state index contributed by atoms with van der Waals surface area (Å²) in [4.78, 5) is 2.41. The van der Waals surface area contributed by atoms with E-state index in [1.807, 2.05) is 12.2 Å². The molecule has 2 heteroatoms. The molecule has 11 rings (SSSR count). The average Bonchev–Trinajstić information content (AvgIpc) is 3.82. The van der Waals surface area contributed by atoms with Gasteiger partial charge in [-0.2, -0.15) is 0 Å². The molecule has 0 aliphatic heterocycles. The van der Waals surface area contributed by atoms with Crippen molar-refractivity contribution in [2.75, 3.05) is 4.90 Å². The summed E-state index contributed by atoms with van der Waals surface area (Å²) < 4.78 is 2.46. The van der Waals surface area contributed by atoms with Crippen LogP contribution in [0.25, 0.3) is 61.9 Å². The van der Waals surface area contributed by atoms with Crippen LogP contribution in [-0.4, -0.2) is 4.57 Å². The first-order valence-electron chi connectivity index (χ1n) is 21.8. The molecule has 0 bridgehead atoms. The molecule has 1 aromatic heterocycles. The lowest BCUT2D eigenvalue weighted by Crippen LogP contribution is -2.31. The minimum Gasteiger partial charge on any atom is -0.310 e. The van der Waals surface area contributed by atoms with Crippen LogP contribution in [0, 0.1) is 0 Å². The van der Waals surface area contributed by atoms with Gasteiger partial charge in [0.05, 0.1) is 11.0 Å². The smallest absolute Gasteiger partial charge is 0.0541 e. The number of benzene rings is 9. The molecule has 300 valence electrons. The molecule has 0 saturated carbocycles. The monoisotopic (exact) mass is 806 g/mol. The molecule has 0 radical (unpaired) electrons. The van der Waals surface area contributed by atoms with Crippen molar-refractivity contribution >= 4 is 51.0 Å². The van der Waals surface area contributed by atoms with Gasteiger partial charge in [-0.15, -0.1) is 0 Å². The van der Waals surface area contributed by atoms with Crippen LogP contribution in [0.4, 0.5) is 17.1 Å². The minimum absolute atomic E-state index is 0.430. The first kappa shape index (κ1) is 38.0. The average molecular weight is 807 g/mol. The molecule has 1 aliphatic rings. The van der Waals surface area contributed by atoms with E-state index in [0.717, 1.165) is 46.7 Å². The number of anilines is 3. The van der Waals surface area contributed by atoms with Crippen molar-refractivity contribution in [3.8, 4) is 27.9 Å². The number of nitrogens with zero attached hydrogens (tertiary/aromatic N) is 2. The summed E-state index contributed by atoms with van der Waals surface area (Å²) in [5.74, 6) is 0. The van der Waals surface area contributed by atoms with Gasteiger partial charge in [-0.1, -0.05) is 183 Å². The third-order valence-corrected chi connectivity index (χ3v) is 13.1. The van der Waals surface area contributed by atoms with Gasteiger partial charge >= 0.3 is 0 Å². The standard InChI is InChI=1S/C61H46N2/c1-3-43-23-27-45(28-24-43)41-61(42-46-29-25-44(4-2)26-30-46)57-39-51(62(49-17-9-6-10-18-49)50-33-31-48(32-34-50)47-15-7-5-8-16-47)35-37-53(57)54-38-36-52(40-58(54)61)63-59-21-13-11-19-55(59)56-20-12-14-22-60(56)63/h3-40H,1-2,41-42H2. The van der Waals surface area contributed by atoms with Crippen molar-refractivity contribution < 1.29 is 0 Å². The van der Waals surface area contributed by atoms with E-state index in [1.54, 1.807) is 0 Å². The molecule has 0 amide bonds. The van der Waals surface area contributed by atoms with E-state index in [2.05, 4.69) is 241 Å². The highest BCUT2D eigenvalue weighted by atomic mass is 15.1. The Morgan fingerprint density at radius 3 is 1.44 bits per heavy atom. The molecular formula is C61H46N2. The predicted octanol–water partition coefficient (Wildman–Crippen LogP) is 16.0. The highest BCUT2D eigenvalue weighted by molar-refractivity contribution is 6.09. The van der Waals surface area contributed by atoms with Crippen LogP contribution in [0.1, 0.15) is 33.4 Å². The number of fused-ring (bicyclic) bond motifs is 6. The van der Waals surface area contributed by atoms with Crippen LogP contribution in [0.2, 0.25) is 0 Å². The molecule has 0 atom stereocenters. The van der Waals surface area contributed by atoms with Gasteiger partial charge in [0.1, 0.15) is 0 Å². The summed E-state index contributed by atoms with van der Waals surface area (Å²) in [7, 11) is 0. The second-order valence-electron chi connectivity index (χ2n) is 16.7. The maximum atomic E-state index is 4.07. The van der Waals surface area contributed by atoms with Gasteiger partial charge in [-0.3, -0.25) is 0 Å². The van der Waals surface area contributed by atoms with E-state index in [4.69, 9.17) is 0 Å². The fourth-order valence-electron chi connectivity index (χ4n) is 10.1. The highest BCUT2D eigenvalue weighted by Gasteiger charge is 2.44. The van der Waals surface area contributed by atoms with Gasteiger partial charge in [0.25, 0.3) is 0 Å². The van der Waals surface area contributed by atoms with Gasteiger partial charge in [0.2, 0.25) is 0 Å². The summed E-state index contributed by atoms with van der Waals surface area (Å²) in [6, 6.07) is 80.3. The van der Waals surface area contributed by atoms with Gasteiger partial charge in [-0.25, -0.2) is 0 Å². The quantitative estimate of drug-likeness (QED) is 0.126. The van der Waals surface area contributed by atoms with Crippen molar-refractivity contribution in [1.82, 2.24) is 4.57 Å². The van der Waals surface area contributed by atoms with Crippen molar-refractivity contribution in [1.29, 1.82) is 0 Å². The Hall–Kier alpha value is -7.94.